The molecule has 0 aromatic heterocycles. The fourth-order valence-electron chi connectivity index (χ4n) is 3.01. The number of halogens is 1. The summed E-state index contributed by atoms with van der Waals surface area (Å²) in [5.74, 6) is 2.32. The van der Waals surface area contributed by atoms with Crippen LogP contribution in [0.3, 0.4) is 0 Å². The van der Waals surface area contributed by atoms with Crippen molar-refractivity contribution in [1.82, 2.24) is 16.0 Å². The van der Waals surface area contributed by atoms with Gasteiger partial charge in [-0.25, -0.2) is 0 Å². The molecule has 6 nitrogen and oxygen atoms in total. The van der Waals surface area contributed by atoms with Gasteiger partial charge < -0.3 is 20.7 Å². The highest BCUT2D eigenvalue weighted by atomic mass is 127. The third-order valence-corrected chi connectivity index (χ3v) is 4.32. The zero-order chi connectivity index (χ0) is 17.7. The summed E-state index contributed by atoms with van der Waals surface area (Å²) < 4.78 is 5.62. The van der Waals surface area contributed by atoms with E-state index in [2.05, 4.69) is 20.9 Å². The summed E-state index contributed by atoms with van der Waals surface area (Å²) in [4.78, 5) is 16.0. The van der Waals surface area contributed by atoms with Crippen molar-refractivity contribution in [2.45, 2.75) is 32.1 Å². The molecule has 0 heterocycles. The lowest BCUT2D eigenvalue weighted by Gasteiger charge is -2.13. The minimum absolute atomic E-state index is 0. The molecule has 26 heavy (non-hydrogen) atoms. The number of carbonyl (C=O) groups is 1. The summed E-state index contributed by atoms with van der Waals surface area (Å²) in [6, 6.07) is 9.72. The van der Waals surface area contributed by atoms with Gasteiger partial charge in [-0.2, -0.15) is 0 Å². The number of amides is 1. The van der Waals surface area contributed by atoms with Crippen LogP contribution in [0, 0.1) is 5.92 Å². The molecule has 146 valence electrons. The Morgan fingerprint density at radius 1 is 1.08 bits per heavy atom. The zero-order valence-corrected chi connectivity index (χ0v) is 17.8. The number of ether oxygens (including phenoxy) is 1. The molecule has 3 N–H and O–H groups in total. The second-order valence-corrected chi connectivity index (χ2v) is 6.29. The quantitative estimate of drug-likeness (QED) is 0.223. The van der Waals surface area contributed by atoms with E-state index in [1.165, 1.54) is 25.7 Å². The van der Waals surface area contributed by atoms with E-state index >= 15 is 0 Å². The number of hydrogen-bond donors (Lipinski definition) is 3. The Morgan fingerprint density at radius 2 is 1.73 bits per heavy atom. The molecule has 0 saturated heterocycles. The Morgan fingerprint density at radius 3 is 2.42 bits per heavy atom. The van der Waals surface area contributed by atoms with E-state index in [4.69, 9.17) is 4.74 Å². The van der Waals surface area contributed by atoms with Gasteiger partial charge in [-0.3, -0.25) is 9.79 Å². The van der Waals surface area contributed by atoms with Crippen LogP contribution in [0.25, 0.3) is 0 Å². The van der Waals surface area contributed by atoms with Gasteiger partial charge in [-0.1, -0.05) is 31.0 Å². The highest BCUT2D eigenvalue weighted by molar-refractivity contribution is 14.0. The fraction of sp³-hybridized carbons (Fsp3) is 0.579. The third kappa shape index (κ3) is 9.26. The van der Waals surface area contributed by atoms with Gasteiger partial charge >= 0.3 is 0 Å². The molecule has 0 spiro atoms. The van der Waals surface area contributed by atoms with Crippen LogP contribution >= 0.6 is 24.0 Å². The summed E-state index contributed by atoms with van der Waals surface area (Å²) >= 11 is 0. The van der Waals surface area contributed by atoms with Crippen molar-refractivity contribution in [2.24, 2.45) is 10.9 Å². The van der Waals surface area contributed by atoms with E-state index in [9.17, 15) is 4.79 Å². The standard InChI is InChI=1S/C19H30N4O2.HI/c1-20-19(23-13-14-25-17-9-3-2-4-10-17)22-12-11-21-18(24)15-16-7-5-6-8-16;/h2-4,9-10,16H,5-8,11-15H2,1H3,(H,21,24)(H2,20,22,23);1H. The van der Waals surface area contributed by atoms with E-state index in [-0.39, 0.29) is 29.9 Å². The minimum atomic E-state index is 0. The first-order chi connectivity index (χ1) is 12.3. The number of benzene rings is 1. The number of carbonyl (C=O) groups excluding carboxylic acids is 1. The molecule has 0 radical (unpaired) electrons. The molecule has 1 aliphatic rings. The van der Waals surface area contributed by atoms with Crippen LogP contribution < -0.4 is 20.7 Å². The predicted octanol–water partition coefficient (Wildman–Crippen LogP) is 2.54. The number of nitrogens with zero attached hydrogens (tertiary/aromatic N) is 1. The molecule has 7 heteroatoms. The third-order valence-electron chi connectivity index (χ3n) is 4.32. The monoisotopic (exact) mass is 474 g/mol. The lowest BCUT2D eigenvalue weighted by Crippen LogP contribution is -2.42. The van der Waals surface area contributed by atoms with Crippen molar-refractivity contribution in [1.29, 1.82) is 0 Å². The zero-order valence-electron chi connectivity index (χ0n) is 15.5. The fourth-order valence-corrected chi connectivity index (χ4v) is 3.01. The van der Waals surface area contributed by atoms with Crippen molar-refractivity contribution in [3.05, 3.63) is 30.3 Å². The predicted molar refractivity (Wildman–Crippen MR) is 116 cm³/mol. The van der Waals surface area contributed by atoms with Gasteiger partial charge in [-0.05, 0) is 30.9 Å². The van der Waals surface area contributed by atoms with Gasteiger partial charge in [0.15, 0.2) is 5.96 Å². The van der Waals surface area contributed by atoms with Crippen molar-refractivity contribution >= 4 is 35.8 Å². The van der Waals surface area contributed by atoms with Crippen LogP contribution in [-0.4, -0.2) is 45.2 Å². The smallest absolute Gasteiger partial charge is 0.220 e. The summed E-state index contributed by atoms with van der Waals surface area (Å²) in [5, 5.41) is 9.34. The lowest BCUT2D eigenvalue weighted by molar-refractivity contribution is -0.121. The van der Waals surface area contributed by atoms with E-state index in [0.29, 0.717) is 44.5 Å². The second kappa shape index (κ2) is 13.7. The Bertz CT molecular complexity index is 534. The topological polar surface area (TPSA) is 74.8 Å². The first-order valence-electron chi connectivity index (χ1n) is 9.17. The minimum Gasteiger partial charge on any atom is -0.492 e. The summed E-state index contributed by atoms with van der Waals surface area (Å²) in [6.07, 6.45) is 5.62. The van der Waals surface area contributed by atoms with Crippen LogP contribution in [0.1, 0.15) is 32.1 Å². The normalized spacial score (nSPS) is 14.4. The maximum absolute atomic E-state index is 11.9. The van der Waals surface area contributed by atoms with Gasteiger partial charge in [0.2, 0.25) is 5.91 Å². The molecular formula is C19H31IN4O2. The average Bonchev–Trinajstić information content (AvgIpc) is 3.14. The van der Waals surface area contributed by atoms with Crippen LogP contribution in [0.4, 0.5) is 0 Å². The van der Waals surface area contributed by atoms with Gasteiger partial charge in [0.25, 0.3) is 0 Å². The SMILES string of the molecule is CN=C(NCCNC(=O)CC1CCCC1)NCCOc1ccccc1.I. The number of rotatable bonds is 9. The second-order valence-electron chi connectivity index (χ2n) is 6.29. The molecule has 1 amide bonds. The maximum atomic E-state index is 11.9. The molecule has 0 aliphatic heterocycles. The highest BCUT2D eigenvalue weighted by Crippen LogP contribution is 2.27. The van der Waals surface area contributed by atoms with Gasteiger partial charge in [0, 0.05) is 26.6 Å². The average molecular weight is 474 g/mol. The van der Waals surface area contributed by atoms with Crippen molar-refractivity contribution in [2.75, 3.05) is 33.3 Å². The Balaban J connectivity index is 0.00000338. The Kier molecular flexibility index (Phi) is 11.8. The molecular weight excluding hydrogens is 443 g/mol. The number of nitrogens with one attached hydrogen (secondary N) is 3. The van der Waals surface area contributed by atoms with Crippen molar-refractivity contribution in [3.8, 4) is 5.75 Å². The van der Waals surface area contributed by atoms with Crippen LogP contribution in [0.5, 0.6) is 5.75 Å². The van der Waals surface area contributed by atoms with E-state index in [0.717, 1.165) is 5.75 Å². The van der Waals surface area contributed by atoms with Crippen LogP contribution in [0.2, 0.25) is 0 Å². The molecule has 0 bridgehead atoms. The van der Waals surface area contributed by atoms with Gasteiger partial charge in [0.05, 0.1) is 6.54 Å². The molecule has 2 rings (SSSR count). The number of guanidine groups is 1. The molecule has 0 atom stereocenters. The van der Waals surface area contributed by atoms with Crippen molar-refractivity contribution in [3.63, 3.8) is 0 Å². The highest BCUT2D eigenvalue weighted by Gasteiger charge is 2.17. The number of aliphatic imine (C=N–C) groups is 1. The number of hydrogen-bond acceptors (Lipinski definition) is 3. The van der Waals surface area contributed by atoms with Crippen molar-refractivity contribution < 1.29 is 9.53 Å². The molecule has 1 saturated carbocycles. The number of para-hydroxylation sites is 1. The first-order valence-corrected chi connectivity index (χ1v) is 9.17. The van der Waals surface area contributed by atoms with Gasteiger partial charge in [-0.15, -0.1) is 24.0 Å². The first kappa shape index (κ1) is 22.5. The molecule has 1 aromatic carbocycles. The Labute approximate surface area is 173 Å². The van der Waals surface area contributed by atoms with Crippen LogP contribution in [-0.2, 0) is 4.79 Å². The molecule has 1 aromatic rings. The molecule has 1 aliphatic carbocycles. The lowest BCUT2D eigenvalue weighted by atomic mass is 10.0. The largest absolute Gasteiger partial charge is 0.492 e. The molecule has 1 fully saturated rings. The van der Waals surface area contributed by atoms with Gasteiger partial charge in [0.1, 0.15) is 12.4 Å². The van der Waals surface area contributed by atoms with E-state index in [1.54, 1.807) is 7.05 Å². The summed E-state index contributed by atoms with van der Waals surface area (Å²) in [5.41, 5.74) is 0. The van der Waals surface area contributed by atoms with E-state index < -0.39 is 0 Å². The summed E-state index contributed by atoms with van der Waals surface area (Å²) in [6.45, 7) is 2.47. The maximum Gasteiger partial charge on any atom is 0.220 e. The Hall–Kier alpha value is -1.51. The molecule has 0 unspecified atom stereocenters. The van der Waals surface area contributed by atoms with E-state index in [1.807, 2.05) is 30.3 Å². The summed E-state index contributed by atoms with van der Waals surface area (Å²) in [7, 11) is 1.73. The van der Waals surface area contributed by atoms with Crippen LogP contribution in [0.15, 0.2) is 35.3 Å².